The Kier molecular flexibility index (Phi) is 10.0. The van der Waals surface area contributed by atoms with Crippen molar-refractivity contribution < 1.29 is 24.8 Å². The second-order valence-electron chi connectivity index (χ2n) is 11.8. The fourth-order valence-electron chi connectivity index (χ4n) is 5.70. The molecular formula is C42H38O5. The largest absolute Gasteiger partial charge is 0.508 e. The third-order valence-electron chi connectivity index (χ3n) is 8.05. The van der Waals surface area contributed by atoms with Crippen LogP contribution in [0.25, 0.3) is 0 Å². The molecule has 5 nitrogen and oxygen atoms in total. The Morgan fingerprint density at radius 1 is 0.298 bits per heavy atom. The Hall–Kier alpha value is -5.68. The minimum absolute atomic E-state index is 0.261. The number of hydrogen-bond acceptors (Lipinski definition) is 5. The number of ether oxygens (including phenoxy) is 2. The van der Waals surface area contributed by atoms with Gasteiger partial charge in [-0.15, -0.1) is 0 Å². The minimum atomic E-state index is 0.261. The van der Waals surface area contributed by atoms with E-state index in [4.69, 9.17) is 9.47 Å². The van der Waals surface area contributed by atoms with E-state index in [0.29, 0.717) is 11.5 Å². The number of aromatic hydroxyl groups is 3. The van der Waals surface area contributed by atoms with Crippen molar-refractivity contribution in [2.45, 2.75) is 38.5 Å². The molecule has 0 atom stereocenters. The summed E-state index contributed by atoms with van der Waals surface area (Å²) in [4.78, 5) is 0. The van der Waals surface area contributed by atoms with Crippen molar-refractivity contribution in [3.05, 3.63) is 173 Å². The predicted octanol–water partition coefficient (Wildman–Crippen LogP) is 9.74. The molecule has 0 amide bonds. The summed E-state index contributed by atoms with van der Waals surface area (Å²) in [5.41, 5.74) is 6.57. The molecule has 3 N–H and O–H groups in total. The van der Waals surface area contributed by atoms with E-state index in [2.05, 4.69) is 24.3 Å². The maximum Gasteiger partial charge on any atom is 0.131 e. The van der Waals surface area contributed by atoms with Crippen molar-refractivity contribution in [3.63, 3.8) is 0 Å². The van der Waals surface area contributed by atoms with E-state index in [1.807, 2.05) is 78.9 Å². The molecule has 0 spiro atoms. The van der Waals surface area contributed by atoms with E-state index in [0.717, 1.165) is 83.4 Å². The van der Waals surface area contributed by atoms with E-state index in [9.17, 15) is 15.3 Å². The van der Waals surface area contributed by atoms with Gasteiger partial charge in [0.05, 0.1) is 0 Å². The van der Waals surface area contributed by atoms with Crippen molar-refractivity contribution in [3.8, 4) is 40.2 Å². The first kappa shape index (κ1) is 31.3. The SMILES string of the molecule is Oc1cccc(CCc2cccc(Oc3cc(CCc4cccc(O)c4)cc(Oc4cccc(CCc5cccc(O)c5)c4)c3)c2)c1. The first-order valence-corrected chi connectivity index (χ1v) is 15.9. The smallest absolute Gasteiger partial charge is 0.131 e. The molecule has 0 aliphatic carbocycles. The molecule has 0 radical (unpaired) electrons. The van der Waals surface area contributed by atoms with Gasteiger partial charge in [-0.05, 0) is 145 Å². The fourth-order valence-corrected chi connectivity index (χ4v) is 5.70. The van der Waals surface area contributed by atoms with Crippen molar-refractivity contribution in [2.24, 2.45) is 0 Å². The number of phenols is 3. The van der Waals surface area contributed by atoms with Crippen LogP contribution in [0.4, 0.5) is 0 Å². The van der Waals surface area contributed by atoms with Gasteiger partial charge in [-0.25, -0.2) is 0 Å². The monoisotopic (exact) mass is 622 g/mol. The van der Waals surface area contributed by atoms with Crippen LogP contribution < -0.4 is 9.47 Å². The molecule has 6 rings (SSSR count). The molecule has 0 saturated heterocycles. The number of aryl methyl sites for hydroxylation is 6. The Balaban J connectivity index is 1.19. The molecule has 5 heteroatoms. The van der Waals surface area contributed by atoms with Crippen LogP contribution in [-0.4, -0.2) is 15.3 Å². The number of hydrogen-bond donors (Lipinski definition) is 3. The van der Waals surface area contributed by atoms with Crippen LogP contribution >= 0.6 is 0 Å². The highest BCUT2D eigenvalue weighted by molar-refractivity contribution is 5.45. The highest BCUT2D eigenvalue weighted by Crippen LogP contribution is 2.32. The molecule has 0 fully saturated rings. The summed E-state index contributed by atoms with van der Waals surface area (Å²) < 4.78 is 12.8. The summed E-state index contributed by atoms with van der Waals surface area (Å²) in [5, 5.41) is 29.6. The van der Waals surface area contributed by atoms with Crippen LogP contribution in [0.2, 0.25) is 0 Å². The second kappa shape index (κ2) is 15.1. The Bertz CT molecular complexity index is 1830. The summed E-state index contributed by atoms with van der Waals surface area (Å²) in [6.45, 7) is 0. The molecule has 0 unspecified atom stereocenters. The van der Waals surface area contributed by atoms with Gasteiger partial charge >= 0.3 is 0 Å². The van der Waals surface area contributed by atoms with Crippen molar-refractivity contribution in [2.75, 3.05) is 0 Å². The van der Waals surface area contributed by atoms with E-state index in [1.54, 1.807) is 36.4 Å². The summed E-state index contributed by atoms with van der Waals surface area (Å²) in [6, 6.07) is 44.3. The van der Waals surface area contributed by atoms with E-state index >= 15 is 0 Å². The third-order valence-corrected chi connectivity index (χ3v) is 8.05. The molecule has 0 heterocycles. The van der Waals surface area contributed by atoms with Gasteiger partial charge in [0.15, 0.2) is 0 Å². The maximum atomic E-state index is 9.94. The zero-order valence-corrected chi connectivity index (χ0v) is 26.2. The van der Waals surface area contributed by atoms with Crippen molar-refractivity contribution in [1.82, 2.24) is 0 Å². The van der Waals surface area contributed by atoms with Gasteiger partial charge in [0, 0.05) is 6.07 Å². The van der Waals surface area contributed by atoms with Crippen LogP contribution in [0.3, 0.4) is 0 Å². The second-order valence-corrected chi connectivity index (χ2v) is 11.8. The standard InChI is InChI=1S/C42H38O5/c43-36-11-1-6-30(22-36)16-18-33-9-4-14-39(25-33)46-41-27-35(21-20-32-8-3-13-38(45)24-32)28-42(29-41)47-40-15-5-10-34(26-40)19-17-31-7-2-12-37(44)23-31/h1-15,22-29,43-45H,16-21H2. The summed E-state index contributed by atoms with van der Waals surface area (Å²) in [6.07, 6.45) is 4.76. The Labute approximate surface area is 276 Å². The molecule has 6 aromatic carbocycles. The molecule has 6 aromatic rings. The lowest BCUT2D eigenvalue weighted by molar-refractivity contribution is 0.458. The molecular weight excluding hydrogens is 584 g/mol. The topological polar surface area (TPSA) is 79.2 Å². The van der Waals surface area contributed by atoms with Crippen LogP contribution in [0.1, 0.15) is 33.4 Å². The maximum absolute atomic E-state index is 9.94. The number of phenolic OH excluding ortho intramolecular Hbond substituents is 3. The van der Waals surface area contributed by atoms with E-state index in [-0.39, 0.29) is 17.2 Å². The average Bonchev–Trinajstić information content (AvgIpc) is 3.06. The van der Waals surface area contributed by atoms with E-state index < -0.39 is 0 Å². The van der Waals surface area contributed by atoms with Gasteiger partial charge in [-0.1, -0.05) is 60.7 Å². The van der Waals surface area contributed by atoms with Crippen LogP contribution in [0, 0.1) is 0 Å². The molecule has 0 aromatic heterocycles. The summed E-state index contributed by atoms with van der Waals surface area (Å²) in [7, 11) is 0. The zero-order chi connectivity index (χ0) is 32.4. The van der Waals surface area contributed by atoms with Gasteiger partial charge in [0.2, 0.25) is 0 Å². The van der Waals surface area contributed by atoms with Crippen LogP contribution in [-0.2, 0) is 38.5 Å². The van der Waals surface area contributed by atoms with Gasteiger partial charge in [0.1, 0.15) is 40.2 Å². The predicted molar refractivity (Wildman–Crippen MR) is 186 cm³/mol. The average molecular weight is 623 g/mol. The van der Waals surface area contributed by atoms with Crippen molar-refractivity contribution in [1.29, 1.82) is 0 Å². The Morgan fingerprint density at radius 3 is 0.957 bits per heavy atom. The van der Waals surface area contributed by atoms with Gasteiger partial charge in [-0.3, -0.25) is 0 Å². The first-order chi connectivity index (χ1) is 22.9. The lowest BCUT2D eigenvalue weighted by Gasteiger charge is -2.14. The molecule has 0 aliphatic heterocycles. The molecule has 0 aliphatic rings. The van der Waals surface area contributed by atoms with Gasteiger partial charge in [-0.2, -0.15) is 0 Å². The number of benzene rings is 6. The summed E-state index contributed by atoms with van der Waals surface area (Å²) >= 11 is 0. The Morgan fingerprint density at radius 2 is 0.596 bits per heavy atom. The normalized spacial score (nSPS) is 10.9. The quantitative estimate of drug-likeness (QED) is 0.120. The highest BCUT2D eigenvalue weighted by Gasteiger charge is 2.09. The molecule has 236 valence electrons. The molecule has 0 saturated carbocycles. The molecule has 47 heavy (non-hydrogen) atoms. The minimum Gasteiger partial charge on any atom is -0.508 e. The van der Waals surface area contributed by atoms with Crippen molar-refractivity contribution >= 4 is 0 Å². The van der Waals surface area contributed by atoms with Gasteiger partial charge < -0.3 is 24.8 Å². The zero-order valence-electron chi connectivity index (χ0n) is 26.2. The van der Waals surface area contributed by atoms with Crippen LogP contribution in [0.5, 0.6) is 40.2 Å². The lowest BCUT2D eigenvalue weighted by Crippen LogP contribution is -1.96. The number of rotatable bonds is 13. The van der Waals surface area contributed by atoms with Gasteiger partial charge in [0.25, 0.3) is 0 Å². The summed E-state index contributed by atoms with van der Waals surface area (Å²) in [5.74, 6) is 3.66. The van der Waals surface area contributed by atoms with Crippen LogP contribution in [0.15, 0.2) is 140 Å². The highest BCUT2D eigenvalue weighted by atomic mass is 16.5. The molecule has 0 bridgehead atoms. The first-order valence-electron chi connectivity index (χ1n) is 15.9. The van der Waals surface area contributed by atoms with E-state index in [1.165, 1.54) is 0 Å². The third kappa shape index (κ3) is 9.41. The fraction of sp³-hybridized carbons (Fsp3) is 0.143. The lowest BCUT2D eigenvalue weighted by atomic mass is 10.0.